The number of anilines is 2. The Morgan fingerprint density at radius 3 is 2.40 bits per heavy atom. The first-order valence-corrected chi connectivity index (χ1v) is 7.36. The lowest BCUT2D eigenvalue weighted by molar-refractivity contribution is -0.117. The molecule has 0 bridgehead atoms. The predicted octanol–water partition coefficient (Wildman–Crippen LogP) is 0.122. The zero-order chi connectivity index (χ0) is 18.0. The molecule has 2 aromatic heterocycles. The smallest absolute Gasteiger partial charge is 0.283 e. The van der Waals surface area contributed by atoms with Gasteiger partial charge >= 0.3 is 0 Å². The van der Waals surface area contributed by atoms with Crippen LogP contribution in [-0.2, 0) is 23.2 Å². The average molecular weight is 341 g/mol. The van der Waals surface area contributed by atoms with Gasteiger partial charge in [0.15, 0.2) is 11.2 Å². The Hall–Kier alpha value is -3.56. The van der Waals surface area contributed by atoms with Crippen LogP contribution >= 0.6 is 0 Å². The number of benzene rings is 1. The molecule has 0 atom stereocenters. The van der Waals surface area contributed by atoms with Gasteiger partial charge in [0, 0.05) is 25.3 Å². The lowest BCUT2D eigenvalue weighted by Gasteiger charge is -2.08. The molecule has 0 aliphatic rings. The summed E-state index contributed by atoms with van der Waals surface area (Å²) in [6, 6.07) is 6.62. The molecule has 128 valence electrons. The van der Waals surface area contributed by atoms with E-state index in [1.807, 2.05) is 0 Å². The Balaban J connectivity index is 1.71. The van der Waals surface area contributed by atoms with E-state index in [2.05, 4.69) is 25.9 Å². The fraction of sp³-hybridized carbons (Fsp3) is 0.200. The zero-order valence-electron chi connectivity index (χ0n) is 13.6. The van der Waals surface area contributed by atoms with Crippen LogP contribution in [-0.4, -0.2) is 36.4 Å². The van der Waals surface area contributed by atoms with E-state index < -0.39 is 5.56 Å². The Bertz CT molecular complexity index is 1000. The van der Waals surface area contributed by atoms with E-state index in [1.54, 1.807) is 31.3 Å². The largest absolute Gasteiger partial charge is 0.326 e. The summed E-state index contributed by atoms with van der Waals surface area (Å²) in [6.07, 6.45) is 1.29. The van der Waals surface area contributed by atoms with Gasteiger partial charge < -0.3 is 10.6 Å². The summed E-state index contributed by atoms with van der Waals surface area (Å²) in [7, 11) is 1.63. The topological polar surface area (TPSA) is 124 Å². The number of aromatic nitrogens is 5. The summed E-state index contributed by atoms with van der Waals surface area (Å²) in [4.78, 5) is 39.4. The number of aryl methyl sites for hydroxylation is 1. The van der Waals surface area contributed by atoms with E-state index in [1.165, 1.54) is 17.9 Å². The summed E-state index contributed by atoms with van der Waals surface area (Å²) in [5.74, 6) is -0.567. The first-order valence-electron chi connectivity index (χ1n) is 7.36. The van der Waals surface area contributed by atoms with E-state index in [9.17, 15) is 14.4 Å². The minimum Gasteiger partial charge on any atom is -0.326 e. The van der Waals surface area contributed by atoms with Crippen LogP contribution in [0, 0.1) is 0 Å². The summed E-state index contributed by atoms with van der Waals surface area (Å²) in [6.45, 7) is 1.21. The molecule has 2 heterocycles. The second-order valence-corrected chi connectivity index (χ2v) is 5.37. The fourth-order valence-electron chi connectivity index (χ4n) is 2.26. The van der Waals surface area contributed by atoms with Gasteiger partial charge in [-0.15, -0.1) is 5.10 Å². The van der Waals surface area contributed by atoms with E-state index >= 15 is 0 Å². The van der Waals surface area contributed by atoms with Crippen LogP contribution in [0.4, 0.5) is 11.4 Å². The lowest BCUT2D eigenvalue weighted by Crippen LogP contribution is -2.28. The third kappa shape index (κ3) is 3.52. The van der Waals surface area contributed by atoms with Gasteiger partial charge in [-0.05, 0) is 24.3 Å². The second-order valence-electron chi connectivity index (χ2n) is 5.37. The van der Waals surface area contributed by atoms with Gasteiger partial charge in [0.25, 0.3) is 5.56 Å². The molecule has 0 spiro atoms. The van der Waals surface area contributed by atoms with Gasteiger partial charge in [-0.3, -0.25) is 19.0 Å². The molecule has 0 fully saturated rings. The summed E-state index contributed by atoms with van der Waals surface area (Å²) in [5, 5.41) is 12.8. The number of carbonyl (C=O) groups excluding carboxylic acids is 2. The van der Waals surface area contributed by atoms with E-state index in [0.29, 0.717) is 17.0 Å². The average Bonchev–Trinajstić information content (AvgIpc) is 2.93. The van der Waals surface area contributed by atoms with Crippen molar-refractivity contribution in [2.24, 2.45) is 7.05 Å². The molecule has 0 aliphatic carbocycles. The number of nitrogens with one attached hydrogen (secondary N) is 2. The van der Waals surface area contributed by atoms with Crippen molar-refractivity contribution >= 4 is 34.4 Å². The Morgan fingerprint density at radius 2 is 1.76 bits per heavy atom. The van der Waals surface area contributed by atoms with Crippen LogP contribution < -0.4 is 16.2 Å². The summed E-state index contributed by atoms with van der Waals surface area (Å²) >= 11 is 0. The van der Waals surface area contributed by atoms with Crippen LogP contribution in [0.2, 0.25) is 0 Å². The number of rotatable bonds is 4. The van der Waals surface area contributed by atoms with Gasteiger partial charge in [0.05, 0.1) is 0 Å². The van der Waals surface area contributed by atoms with Gasteiger partial charge in [-0.2, -0.15) is 0 Å². The first kappa shape index (κ1) is 16.3. The Kier molecular flexibility index (Phi) is 4.25. The van der Waals surface area contributed by atoms with Crippen molar-refractivity contribution in [2.45, 2.75) is 13.5 Å². The summed E-state index contributed by atoms with van der Waals surface area (Å²) in [5.41, 5.74) is 1.20. The van der Waals surface area contributed by atoms with Gasteiger partial charge in [0.1, 0.15) is 12.9 Å². The normalized spacial score (nSPS) is 10.6. The third-order valence-electron chi connectivity index (χ3n) is 3.38. The molecule has 0 saturated heterocycles. The van der Waals surface area contributed by atoms with Crippen molar-refractivity contribution in [1.29, 1.82) is 0 Å². The first-order chi connectivity index (χ1) is 11.9. The highest BCUT2D eigenvalue weighted by Gasteiger charge is 2.12. The molecule has 0 saturated carbocycles. The van der Waals surface area contributed by atoms with Crippen LogP contribution in [0.25, 0.3) is 11.2 Å². The van der Waals surface area contributed by atoms with Crippen molar-refractivity contribution in [3.8, 4) is 0 Å². The molecule has 0 unspecified atom stereocenters. The minimum absolute atomic E-state index is 0.109. The molecule has 10 heteroatoms. The quantitative estimate of drug-likeness (QED) is 0.695. The molecular formula is C15H15N7O3. The molecule has 3 rings (SSSR count). The number of carbonyl (C=O) groups is 2. The zero-order valence-corrected chi connectivity index (χ0v) is 13.6. The minimum atomic E-state index is -0.436. The highest BCUT2D eigenvalue weighted by molar-refractivity contribution is 5.92. The maximum absolute atomic E-state index is 12.3. The predicted molar refractivity (Wildman–Crippen MR) is 89.9 cm³/mol. The van der Waals surface area contributed by atoms with Crippen LogP contribution in [0.3, 0.4) is 0 Å². The van der Waals surface area contributed by atoms with Crippen LogP contribution in [0.5, 0.6) is 0 Å². The SMILES string of the molecule is CC(=O)Nc1ccc(NC(=O)Cn2cnc3c(nnn3C)c2=O)cc1. The van der Waals surface area contributed by atoms with Crippen LogP contribution in [0.1, 0.15) is 6.92 Å². The number of nitrogens with zero attached hydrogens (tertiary/aromatic N) is 5. The second kappa shape index (κ2) is 6.51. The van der Waals surface area contributed by atoms with Gasteiger partial charge in [0.2, 0.25) is 11.8 Å². The Morgan fingerprint density at radius 1 is 1.12 bits per heavy atom. The van der Waals surface area contributed by atoms with Crippen molar-refractivity contribution in [3.63, 3.8) is 0 Å². The molecule has 2 N–H and O–H groups in total. The number of hydrogen-bond acceptors (Lipinski definition) is 6. The number of hydrogen-bond donors (Lipinski definition) is 2. The molecule has 25 heavy (non-hydrogen) atoms. The Labute approximate surface area is 141 Å². The molecule has 0 radical (unpaired) electrons. The number of fused-ring (bicyclic) bond motifs is 1. The standard InChI is InChI=1S/C15H15N7O3/c1-9(23)17-10-3-5-11(6-4-10)18-12(24)7-22-8-16-14-13(15(22)25)19-20-21(14)2/h3-6,8H,7H2,1-2H3,(H,17,23)(H,18,24). The van der Waals surface area contributed by atoms with Gasteiger partial charge in [-0.25, -0.2) is 9.67 Å². The highest BCUT2D eigenvalue weighted by atomic mass is 16.2. The lowest BCUT2D eigenvalue weighted by atomic mass is 10.2. The molecule has 10 nitrogen and oxygen atoms in total. The molecule has 1 aromatic carbocycles. The van der Waals surface area contributed by atoms with E-state index in [4.69, 9.17) is 0 Å². The van der Waals surface area contributed by atoms with Crippen molar-refractivity contribution in [2.75, 3.05) is 10.6 Å². The van der Waals surface area contributed by atoms with Crippen LogP contribution in [0.15, 0.2) is 35.4 Å². The molecule has 3 aromatic rings. The molecular weight excluding hydrogens is 326 g/mol. The van der Waals surface area contributed by atoms with Crippen molar-refractivity contribution in [1.82, 2.24) is 24.5 Å². The highest BCUT2D eigenvalue weighted by Crippen LogP contribution is 2.13. The van der Waals surface area contributed by atoms with E-state index in [0.717, 1.165) is 4.57 Å². The van der Waals surface area contributed by atoms with Gasteiger partial charge in [-0.1, -0.05) is 5.21 Å². The maximum Gasteiger partial charge on any atom is 0.283 e. The fourth-order valence-corrected chi connectivity index (χ4v) is 2.26. The summed E-state index contributed by atoms with van der Waals surface area (Å²) < 4.78 is 2.55. The number of amides is 2. The van der Waals surface area contributed by atoms with E-state index in [-0.39, 0.29) is 23.9 Å². The van der Waals surface area contributed by atoms with Crippen molar-refractivity contribution in [3.05, 3.63) is 40.9 Å². The van der Waals surface area contributed by atoms with Crippen molar-refractivity contribution < 1.29 is 9.59 Å². The molecule has 0 aliphatic heterocycles. The maximum atomic E-state index is 12.3. The third-order valence-corrected chi connectivity index (χ3v) is 3.38. The molecule has 2 amide bonds. The monoisotopic (exact) mass is 341 g/mol.